The molecule has 0 radical (unpaired) electrons. The Kier molecular flexibility index (Phi) is 3.73. The first kappa shape index (κ1) is 12.0. The summed E-state index contributed by atoms with van der Waals surface area (Å²) in [6.07, 6.45) is 3.85. The van der Waals surface area contributed by atoms with Crippen LogP contribution in [0.3, 0.4) is 0 Å². The fourth-order valence-corrected chi connectivity index (χ4v) is 1.96. The van der Waals surface area contributed by atoms with Gasteiger partial charge in [-0.2, -0.15) is 0 Å². The lowest BCUT2D eigenvalue weighted by Crippen LogP contribution is -2.29. The van der Waals surface area contributed by atoms with E-state index in [9.17, 15) is 4.79 Å². The number of rotatable bonds is 3. The summed E-state index contributed by atoms with van der Waals surface area (Å²) >= 11 is 0. The molecule has 2 heterocycles. The SMILES string of the molecule is CCN(C)C(=O)c1cn(C2CCNCC2)nn1. The Balaban J connectivity index is 2.07. The maximum atomic E-state index is 11.9. The van der Waals surface area contributed by atoms with Gasteiger partial charge in [-0.25, -0.2) is 4.68 Å². The first-order valence-corrected chi connectivity index (χ1v) is 6.10. The van der Waals surface area contributed by atoms with Crippen molar-refractivity contribution in [2.45, 2.75) is 25.8 Å². The lowest BCUT2D eigenvalue weighted by atomic mass is 10.1. The summed E-state index contributed by atoms with van der Waals surface area (Å²) in [7, 11) is 1.77. The quantitative estimate of drug-likeness (QED) is 0.821. The molecule has 1 N–H and O–H groups in total. The van der Waals surface area contributed by atoms with Gasteiger partial charge in [-0.15, -0.1) is 5.10 Å². The van der Waals surface area contributed by atoms with Gasteiger partial charge in [-0.1, -0.05) is 5.21 Å². The summed E-state index contributed by atoms with van der Waals surface area (Å²) in [6, 6.07) is 0.372. The number of amides is 1. The minimum absolute atomic E-state index is 0.0623. The standard InChI is InChI=1S/C11H19N5O/c1-3-15(2)11(17)10-8-16(14-13-10)9-4-6-12-7-5-9/h8-9,12H,3-7H2,1-2H3. The first-order chi connectivity index (χ1) is 8.22. The third-order valence-corrected chi connectivity index (χ3v) is 3.23. The Morgan fingerprint density at radius 1 is 1.59 bits per heavy atom. The molecule has 1 aromatic heterocycles. The maximum Gasteiger partial charge on any atom is 0.275 e. The van der Waals surface area contributed by atoms with Gasteiger partial charge < -0.3 is 10.2 Å². The normalized spacial score (nSPS) is 17.1. The monoisotopic (exact) mass is 237 g/mol. The second kappa shape index (κ2) is 5.27. The fourth-order valence-electron chi connectivity index (χ4n) is 1.96. The molecule has 6 heteroatoms. The van der Waals surface area contributed by atoms with Crippen LogP contribution in [0.2, 0.25) is 0 Å². The average Bonchev–Trinajstić information content (AvgIpc) is 2.87. The van der Waals surface area contributed by atoms with E-state index in [4.69, 9.17) is 0 Å². The van der Waals surface area contributed by atoms with E-state index in [0.29, 0.717) is 18.3 Å². The first-order valence-electron chi connectivity index (χ1n) is 6.10. The Morgan fingerprint density at radius 3 is 2.94 bits per heavy atom. The predicted molar refractivity (Wildman–Crippen MR) is 63.8 cm³/mol. The van der Waals surface area contributed by atoms with Crippen LogP contribution in [0, 0.1) is 0 Å². The third kappa shape index (κ3) is 2.63. The zero-order valence-corrected chi connectivity index (χ0v) is 10.4. The second-order valence-corrected chi connectivity index (χ2v) is 4.38. The molecule has 1 amide bonds. The molecule has 1 fully saturated rings. The fraction of sp³-hybridized carbons (Fsp3) is 0.727. The number of hydrogen-bond donors (Lipinski definition) is 1. The van der Waals surface area contributed by atoms with E-state index in [1.807, 2.05) is 11.6 Å². The van der Waals surface area contributed by atoms with Crippen molar-refractivity contribution in [1.29, 1.82) is 0 Å². The van der Waals surface area contributed by atoms with E-state index in [0.717, 1.165) is 25.9 Å². The zero-order chi connectivity index (χ0) is 12.3. The summed E-state index contributed by atoms with van der Waals surface area (Å²) in [5, 5.41) is 11.3. The van der Waals surface area contributed by atoms with Crippen LogP contribution in [0.4, 0.5) is 0 Å². The molecule has 94 valence electrons. The van der Waals surface area contributed by atoms with Crippen LogP contribution in [-0.4, -0.2) is 52.5 Å². The van der Waals surface area contributed by atoms with Crippen LogP contribution in [0.25, 0.3) is 0 Å². The molecule has 17 heavy (non-hydrogen) atoms. The van der Waals surface area contributed by atoms with Gasteiger partial charge in [0.1, 0.15) is 0 Å². The van der Waals surface area contributed by atoms with Crippen LogP contribution in [0.15, 0.2) is 6.20 Å². The molecule has 1 saturated heterocycles. The van der Waals surface area contributed by atoms with E-state index in [1.54, 1.807) is 18.1 Å². The number of piperidine rings is 1. The highest BCUT2D eigenvalue weighted by Crippen LogP contribution is 2.17. The van der Waals surface area contributed by atoms with Crippen molar-refractivity contribution in [1.82, 2.24) is 25.2 Å². The molecule has 0 aliphatic carbocycles. The van der Waals surface area contributed by atoms with Gasteiger partial charge in [0.2, 0.25) is 0 Å². The molecule has 0 atom stereocenters. The van der Waals surface area contributed by atoms with Crippen LogP contribution in [0.5, 0.6) is 0 Å². The topological polar surface area (TPSA) is 63.1 Å². The van der Waals surface area contributed by atoms with Crippen molar-refractivity contribution in [3.8, 4) is 0 Å². The number of nitrogens with one attached hydrogen (secondary N) is 1. The summed E-state index contributed by atoms with van der Waals surface area (Å²) < 4.78 is 1.83. The number of nitrogens with zero attached hydrogens (tertiary/aromatic N) is 4. The van der Waals surface area contributed by atoms with Gasteiger partial charge in [0.25, 0.3) is 5.91 Å². The molecule has 6 nitrogen and oxygen atoms in total. The highest BCUT2D eigenvalue weighted by atomic mass is 16.2. The molecule has 0 unspecified atom stereocenters. The molecule has 1 aliphatic rings. The lowest BCUT2D eigenvalue weighted by Gasteiger charge is -2.22. The Labute approximate surface area is 101 Å². The van der Waals surface area contributed by atoms with Crippen molar-refractivity contribution >= 4 is 5.91 Å². The van der Waals surface area contributed by atoms with E-state index < -0.39 is 0 Å². The highest BCUT2D eigenvalue weighted by molar-refractivity contribution is 5.91. The number of carbonyl (C=O) groups is 1. The minimum Gasteiger partial charge on any atom is -0.341 e. The van der Waals surface area contributed by atoms with Crippen molar-refractivity contribution < 1.29 is 4.79 Å². The summed E-state index contributed by atoms with van der Waals surface area (Å²) in [5.41, 5.74) is 0.438. The molecular formula is C11H19N5O. The van der Waals surface area contributed by atoms with E-state index >= 15 is 0 Å². The van der Waals surface area contributed by atoms with E-state index in [1.165, 1.54) is 0 Å². The number of carbonyl (C=O) groups excluding carboxylic acids is 1. The molecule has 0 bridgehead atoms. The average molecular weight is 237 g/mol. The van der Waals surface area contributed by atoms with Crippen LogP contribution in [0.1, 0.15) is 36.3 Å². The molecule has 2 rings (SSSR count). The lowest BCUT2D eigenvalue weighted by molar-refractivity contribution is 0.0796. The zero-order valence-electron chi connectivity index (χ0n) is 10.4. The molecule has 1 aliphatic heterocycles. The van der Waals surface area contributed by atoms with Crippen LogP contribution in [-0.2, 0) is 0 Å². The summed E-state index contributed by atoms with van der Waals surface area (Å²) in [4.78, 5) is 13.5. The Morgan fingerprint density at radius 2 is 2.29 bits per heavy atom. The highest BCUT2D eigenvalue weighted by Gasteiger charge is 2.19. The summed E-state index contributed by atoms with van der Waals surface area (Å²) in [5.74, 6) is -0.0623. The maximum absolute atomic E-state index is 11.9. The molecule has 0 spiro atoms. The van der Waals surface area contributed by atoms with Gasteiger partial charge in [0.15, 0.2) is 5.69 Å². The van der Waals surface area contributed by atoms with E-state index in [2.05, 4.69) is 15.6 Å². The Hall–Kier alpha value is -1.43. The van der Waals surface area contributed by atoms with Gasteiger partial charge >= 0.3 is 0 Å². The molecular weight excluding hydrogens is 218 g/mol. The van der Waals surface area contributed by atoms with Crippen molar-refractivity contribution in [2.24, 2.45) is 0 Å². The van der Waals surface area contributed by atoms with Gasteiger partial charge in [-0.05, 0) is 32.9 Å². The third-order valence-electron chi connectivity index (χ3n) is 3.23. The van der Waals surface area contributed by atoms with Gasteiger partial charge in [0, 0.05) is 13.6 Å². The van der Waals surface area contributed by atoms with Crippen molar-refractivity contribution in [3.05, 3.63) is 11.9 Å². The minimum atomic E-state index is -0.0623. The molecule has 1 aromatic rings. The largest absolute Gasteiger partial charge is 0.341 e. The van der Waals surface area contributed by atoms with E-state index in [-0.39, 0.29) is 5.91 Å². The Bertz CT molecular complexity index is 383. The van der Waals surface area contributed by atoms with Crippen LogP contribution >= 0.6 is 0 Å². The second-order valence-electron chi connectivity index (χ2n) is 4.38. The summed E-state index contributed by atoms with van der Waals surface area (Å²) in [6.45, 7) is 4.62. The smallest absolute Gasteiger partial charge is 0.275 e. The van der Waals surface area contributed by atoms with Crippen LogP contribution < -0.4 is 5.32 Å². The van der Waals surface area contributed by atoms with Gasteiger partial charge in [-0.3, -0.25) is 4.79 Å². The number of aromatic nitrogens is 3. The predicted octanol–water partition coefficient (Wildman–Crippen LogP) is 0.295. The van der Waals surface area contributed by atoms with Gasteiger partial charge in [0.05, 0.1) is 12.2 Å². The van der Waals surface area contributed by atoms with Crippen molar-refractivity contribution in [2.75, 3.05) is 26.7 Å². The molecule has 0 saturated carbocycles. The van der Waals surface area contributed by atoms with Crippen molar-refractivity contribution in [3.63, 3.8) is 0 Å². The molecule has 0 aromatic carbocycles. The number of hydrogen-bond acceptors (Lipinski definition) is 4.